The van der Waals surface area contributed by atoms with Crippen molar-refractivity contribution < 1.29 is 19.1 Å². The van der Waals surface area contributed by atoms with Gasteiger partial charge in [-0.25, -0.2) is 4.79 Å². The Balaban J connectivity index is 1.64. The Labute approximate surface area is 178 Å². The van der Waals surface area contributed by atoms with Crippen molar-refractivity contribution >= 4 is 29.1 Å². The maximum absolute atomic E-state index is 12.5. The quantitative estimate of drug-likeness (QED) is 0.203. The molecule has 3 aromatic carbocycles. The lowest BCUT2D eigenvalue weighted by Gasteiger charge is -2.09. The molecule has 0 aliphatic rings. The Kier molecular flexibility index (Phi) is 6.83. The number of halogens is 1. The summed E-state index contributed by atoms with van der Waals surface area (Å²) < 4.78 is 10.8. The SMILES string of the molecule is Cc1ccc(OCC(=O)/C(=N/N)c2ccc(OC(=O)c3ccccc3Cl)cc2)cc1. The number of carbonyl (C=O) groups excluding carboxylic acids is 2. The zero-order valence-corrected chi connectivity index (χ0v) is 16.9. The van der Waals surface area contributed by atoms with E-state index in [0.29, 0.717) is 22.1 Å². The van der Waals surface area contributed by atoms with Gasteiger partial charge in [-0.05, 0) is 55.5 Å². The minimum Gasteiger partial charge on any atom is -0.485 e. The number of aryl methyl sites for hydroxylation is 1. The first kappa shape index (κ1) is 21.1. The van der Waals surface area contributed by atoms with Gasteiger partial charge in [0.05, 0.1) is 10.6 Å². The molecule has 152 valence electrons. The van der Waals surface area contributed by atoms with E-state index in [1.165, 1.54) is 0 Å². The van der Waals surface area contributed by atoms with Crippen molar-refractivity contribution in [3.63, 3.8) is 0 Å². The van der Waals surface area contributed by atoms with Crippen molar-refractivity contribution in [2.24, 2.45) is 10.9 Å². The van der Waals surface area contributed by atoms with Crippen LogP contribution in [0, 0.1) is 6.92 Å². The molecule has 0 saturated heterocycles. The third-order valence-corrected chi connectivity index (χ3v) is 4.55. The van der Waals surface area contributed by atoms with Crippen LogP contribution in [0.3, 0.4) is 0 Å². The molecular formula is C23H19ClN2O4. The van der Waals surface area contributed by atoms with Gasteiger partial charge >= 0.3 is 5.97 Å². The standard InChI is InChI=1S/C23H19ClN2O4/c1-15-6-10-17(11-7-15)29-14-21(27)22(26-25)16-8-12-18(13-9-16)30-23(28)19-4-2-3-5-20(19)24/h2-13H,14,25H2,1H3/b26-22+. The van der Waals surface area contributed by atoms with Gasteiger partial charge in [0.1, 0.15) is 17.2 Å². The van der Waals surface area contributed by atoms with Crippen LogP contribution in [0.25, 0.3) is 0 Å². The highest BCUT2D eigenvalue weighted by Crippen LogP contribution is 2.19. The molecule has 0 radical (unpaired) electrons. The third kappa shape index (κ3) is 5.24. The van der Waals surface area contributed by atoms with Crippen molar-refractivity contribution in [1.29, 1.82) is 0 Å². The second-order valence-corrected chi connectivity index (χ2v) is 6.80. The van der Waals surface area contributed by atoms with Gasteiger partial charge in [-0.15, -0.1) is 0 Å². The largest absolute Gasteiger partial charge is 0.485 e. The smallest absolute Gasteiger partial charge is 0.345 e. The Hall–Kier alpha value is -3.64. The molecule has 30 heavy (non-hydrogen) atoms. The van der Waals surface area contributed by atoms with Gasteiger partial charge in [-0.3, -0.25) is 4.79 Å². The molecule has 7 heteroatoms. The van der Waals surface area contributed by atoms with Gasteiger partial charge in [0.2, 0.25) is 5.78 Å². The van der Waals surface area contributed by atoms with E-state index in [4.69, 9.17) is 26.9 Å². The number of benzene rings is 3. The Morgan fingerprint density at radius 3 is 2.20 bits per heavy atom. The fourth-order valence-corrected chi connectivity index (χ4v) is 2.84. The molecule has 0 aromatic heterocycles. The number of carbonyl (C=O) groups is 2. The molecule has 0 bridgehead atoms. The summed E-state index contributed by atoms with van der Waals surface area (Å²) in [6, 6.07) is 20.2. The van der Waals surface area contributed by atoms with E-state index in [1.807, 2.05) is 19.1 Å². The number of esters is 1. The molecule has 6 nitrogen and oxygen atoms in total. The molecule has 2 N–H and O–H groups in total. The van der Waals surface area contributed by atoms with Crippen LogP contribution in [0.5, 0.6) is 11.5 Å². The normalized spacial score (nSPS) is 11.1. The number of nitrogens with two attached hydrogens (primary N) is 1. The maximum Gasteiger partial charge on any atom is 0.345 e. The topological polar surface area (TPSA) is 91.0 Å². The molecule has 0 saturated carbocycles. The maximum atomic E-state index is 12.5. The summed E-state index contributed by atoms with van der Waals surface area (Å²) in [6.45, 7) is 1.76. The molecule has 0 spiro atoms. The molecule has 0 unspecified atom stereocenters. The minimum atomic E-state index is -0.580. The van der Waals surface area contributed by atoms with Gasteiger partial charge < -0.3 is 15.3 Å². The van der Waals surface area contributed by atoms with E-state index in [1.54, 1.807) is 60.7 Å². The van der Waals surface area contributed by atoms with E-state index in [0.717, 1.165) is 5.56 Å². The van der Waals surface area contributed by atoms with E-state index in [-0.39, 0.29) is 23.7 Å². The number of ketones is 1. The molecule has 3 aromatic rings. The molecule has 0 aliphatic heterocycles. The molecule has 0 heterocycles. The fraction of sp³-hybridized carbons (Fsp3) is 0.0870. The van der Waals surface area contributed by atoms with Crippen LogP contribution in [0.4, 0.5) is 0 Å². The molecule has 0 fully saturated rings. The first-order valence-electron chi connectivity index (χ1n) is 9.05. The van der Waals surface area contributed by atoms with E-state index < -0.39 is 5.97 Å². The number of hydrazone groups is 1. The van der Waals surface area contributed by atoms with Crippen molar-refractivity contribution in [2.45, 2.75) is 6.92 Å². The van der Waals surface area contributed by atoms with Crippen LogP contribution < -0.4 is 15.3 Å². The Morgan fingerprint density at radius 2 is 1.57 bits per heavy atom. The van der Waals surface area contributed by atoms with Crippen molar-refractivity contribution in [3.05, 3.63) is 94.5 Å². The van der Waals surface area contributed by atoms with E-state index >= 15 is 0 Å². The van der Waals surface area contributed by atoms with Crippen LogP contribution in [-0.2, 0) is 4.79 Å². The highest BCUT2D eigenvalue weighted by Gasteiger charge is 2.16. The van der Waals surface area contributed by atoms with Crippen LogP contribution in [0.2, 0.25) is 5.02 Å². The number of hydrogen-bond acceptors (Lipinski definition) is 6. The van der Waals surface area contributed by atoms with Crippen LogP contribution in [0.1, 0.15) is 21.5 Å². The van der Waals surface area contributed by atoms with Gasteiger partial charge in [0.25, 0.3) is 0 Å². The first-order valence-corrected chi connectivity index (χ1v) is 9.43. The molecule has 0 amide bonds. The Morgan fingerprint density at radius 1 is 0.933 bits per heavy atom. The summed E-state index contributed by atoms with van der Waals surface area (Å²) >= 11 is 6.01. The number of Topliss-reactive ketones (excluding diaryl/α,β-unsaturated/α-hetero) is 1. The van der Waals surface area contributed by atoms with Gasteiger partial charge in [0.15, 0.2) is 6.61 Å². The monoisotopic (exact) mass is 422 g/mol. The number of nitrogens with zero attached hydrogens (tertiary/aromatic N) is 1. The number of ether oxygens (including phenoxy) is 2. The predicted octanol–water partition coefficient (Wildman–Crippen LogP) is 4.18. The molecule has 3 rings (SSSR count). The second-order valence-electron chi connectivity index (χ2n) is 6.40. The highest BCUT2D eigenvalue weighted by molar-refractivity contribution is 6.46. The van der Waals surface area contributed by atoms with E-state index in [9.17, 15) is 9.59 Å². The van der Waals surface area contributed by atoms with E-state index in [2.05, 4.69) is 5.10 Å². The van der Waals surface area contributed by atoms with Crippen molar-refractivity contribution in [1.82, 2.24) is 0 Å². The van der Waals surface area contributed by atoms with Crippen molar-refractivity contribution in [2.75, 3.05) is 6.61 Å². The summed E-state index contributed by atoms with van der Waals surface area (Å²) in [7, 11) is 0. The third-order valence-electron chi connectivity index (χ3n) is 4.22. The fourth-order valence-electron chi connectivity index (χ4n) is 2.63. The van der Waals surface area contributed by atoms with Crippen LogP contribution in [0.15, 0.2) is 77.9 Å². The summed E-state index contributed by atoms with van der Waals surface area (Å²) in [6.07, 6.45) is 0. The average Bonchev–Trinajstić information content (AvgIpc) is 2.75. The summed E-state index contributed by atoms with van der Waals surface area (Å²) in [5.74, 6) is 5.33. The zero-order chi connectivity index (χ0) is 21.5. The first-order chi connectivity index (χ1) is 14.5. The number of hydrogen-bond donors (Lipinski definition) is 1. The summed E-state index contributed by atoms with van der Waals surface area (Å²) in [5, 5.41) is 3.90. The summed E-state index contributed by atoms with van der Waals surface area (Å²) in [5.41, 5.74) is 1.89. The highest BCUT2D eigenvalue weighted by atomic mass is 35.5. The molecule has 0 aliphatic carbocycles. The second kappa shape index (κ2) is 9.71. The molecule has 0 atom stereocenters. The Bertz CT molecular complexity index is 1080. The minimum absolute atomic E-state index is 0.0612. The lowest BCUT2D eigenvalue weighted by atomic mass is 10.1. The molecular weight excluding hydrogens is 404 g/mol. The van der Waals surface area contributed by atoms with Crippen LogP contribution >= 0.6 is 11.6 Å². The predicted molar refractivity (Wildman–Crippen MR) is 115 cm³/mol. The number of rotatable bonds is 7. The van der Waals surface area contributed by atoms with Gasteiger partial charge in [-0.1, -0.05) is 41.4 Å². The zero-order valence-electron chi connectivity index (χ0n) is 16.2. The van der Waals surface area contributed by atoms with Crippen molar-refractivity contribution in [3.8, 4) is 11.5 Å². The lowest BCUT2D eigenvalue weighted by Crippen LogP contribution is -2.24. The van der Waals surface area contributed by atoms with Crippen LogP contribution in [-0.4, -0.2) is 24.1 Å². The lowest BCUT2D eigenvalue weighted by molar-refractivity contribution is -0.114. The van der Waals surface area contributed by atoms with Gasteiger partial charge in [0, 0.05) is 5.56 Å². The summed E-state index contributed by atoms with van der Waals surface area (Å²) in [4.78, 5) is 24.7. The van der Waals surface area contributed by atoms with Gasteiger partial charge in [-0.2, -0.15) is 5.10 Å². The average molecular weight is 423 g/mol.